The van der Waals surface area contributed by atoms with Crippen molar-refractivity contribution < 1.29 is 31.5 Å². The zero-order valence-electron chi connectivity index (χ0n) is 22.8. The van der Waals surface area contributed by atoms with Crippen molar-refractivity contribution in [1.82, 2.24) is 24.4 Å². The van der Waals surface area contributed by atoms with E-state index in [0.717, 1.165) is 10.9 Å². The molecule has 0 aliphatic carbocycles. The van der Waals surface area contributed by atoms with Gasteiger partial charge < -0.3 is 15.0 Å². The molecule has 0 unspecified atom stereocenters. The lowest BCUT2D eigenvalue weighted by Crippen LogP contribution is -2.37. The van der Waals surface area contributed by atoms with Crippen LogP contribution in [0.15, 0.2) is 30.5 Å². The van der Waals surface area contributed by atoms with E-state index in [9.17, 15) is 22.4 Å². The fourth-order valence-electron chi connectivity index (χ4n) is 4.66. The molecule has 1 fully saturated rings. The Balaban J connectivity index is 1.56. The van der Waals surface area contributed by atoms with Gasteiger partial charge in [0.05, 0.1) is 30.6 Å². The van der Waals surface area contributed by atoms with Gasteiger partial charge in [0.1, 0.15) is 23.6 Å². The predicted molar refractivity (Wildman–Crippen MR) is 141 cm³/mol. The summed E-state index contributed by atoms with van der Waals surface area (Å²) < 4.78 is 77.1. The number of rotatable bonds is 5. The maximum Gasteiger partial charge on any atom is 0.396 e. The number of hydrogen-bond acceptors (Lipinski definition) is 6. The number of hydrogen-bond donors (Lipinski definition) is 1. The van der Waals surface area contributed by atoms with Crippen LogP contribution < -0.4 is 10.2 Å². The number of pyridine rings is 1. The van der Waals surface area contributed by atoms with Crippen molar-refractivity contribution in [3.8, 4) is 11.1 Å². The number of ether oxygens (including phenoxy) is 1. The molecule has 5 rings (SSSR count). The smallest absolute Gasteiger partial charge is 0.378 e. The van der Waals surface area contributed by atoms with Crippen LogP contribution >= 0.6 is 0 Å². The van der Waals surface area contributed by atoms with Crippen LogP contribution in [0.25, 0.3) is 16.8 Å². The maximum absolute atomic E-state index is 15.0. The van der Waals surface area contributed by atoms with Crippen LogP contribution in [0.3, 0.4) is 0 Å². The first-order valence-corrected chi connectivity index (χ1v) is 12.9. The SMILES string of the molecule is Cc1cc(F)c(NC(=O)c2cnn(C(C)(C)C)c2F)cc1-c1cc(N2CCOCC2)n2nc(CC(F)(F)F)nc2c1. The molecule has 41 heavy (non-hydrogen) atoms. The van der Waals surface area contributed by atoms with Gasteiger partial charge in [0.15, 0.2) is 11.5 Å². The molecule has 0 saturated carbocycles. The zero-order valence-corrected chi connectivity index (χ0v) is 22.8. The van der Waals surface area contributed by atoms with E-state index in [1.807, 2.05) is 4.90 Å². The molecule has 0 spiro atoms. The summed E-state index contributed by atoms with van der Waals surface area (Å²) in [4.78, 5) is 18.9. The van der Waals surface area contributed by atoms with Crippen LogP contribution in [-0.4, -0.2) is 62.8 Å². The van der Waals surface area contributed by atoms with Crippen LogP contribution in [0, 0.1) is 18.7 Å². The highest BCUT2D eigenvalue weighted by Gasteiger charge is 2.31. The Bertz CT molecular complexity index is 1610. The van der Waals surface area contributed by atoms with Gasteiger partial charge >= 0.3 is 6.18 Å². The molecule has 1 aliphatic rings. The molecular formula is C27H28F5N7O2. The van der Waals surface area contributed by atoms with E-state index in [0.29, 0.717) is 48.8 Å². The number of aromatic nitrogens is 5. The third-order valence-corrected chi connectivity index (χ3v) is 6.62. The highest BCUT2D eigenvalue weighted by molar-refractivity contribution is 6.04. The van der Waals surface area contributed by atoms with Gasteiger partial charge in [-0.15, -0.1) is 5.10 Å². The minimum Gasteiger partial charge on any atom is -0.378 e. The van der Waals surface area contributed by atoms with Crippen molar-refractivity contribution in [2.24, 2.45) is 0 Å². The number of aryl methyl sites for hydroxylation is 1. The van der Waals surface area contributed by atoms with Crippen molar-refractivity contribution in [2.45, 2.75) is 45.8 Å². The van der Waals surface area contributed by atoms with Crippen LogP contribution in [0.2, 0.25) is 0 Å². The summed E-state index contributed by atoms with van der Waals surface area (Å²) in [5, 5.41) is 10.5. The molecule has 0 atom stereocenters. The number of anilines is 2. The third kappa shape index (κ3) is 5.87. The van der Waals surface area contributed by atoms with Gasteiger partial charge in [-0.2, -0.15) is 27.2 Å². The summed E-state index contributed by atoms with van der Waals surface area (Å²) in [7, 11) is 0. The number of nitrogens with one attached hydrogen (secondary N) is 1. The monoisotopic (exact) mass is 577 g/mol. The lowest BCUT2D eigenvalue weighted by molar-refractivity contribution is -0.128. The van der Waals surface area contributed by atoms with E-state index in [4.69, 9.17) is 4.74 Å². The minimum absolute atomic E-state index is 0.175. The fourth-order valence-corrected chi connectivity index (χ4v) is 4.66. The van der Waals surface area contributed by atoms with Gasteiger partial charge in [0.2, 0.25) is 5.95 Å². The molecule has 0 radical (unpaired) electrons. The second kappa shape index (κ2) is 10.4. The van der Waals surface area contributed by atoms with Gasteiger partial charge in [-0.05, 0) is 68.7 Å². The van der Waals surface area contributed by atoms with Crippen molar-refractivity contribution in [2.75, 3.05) is 36.5 Å². The number of fused-ring (bicyclic) bond motifs is 1. The summed E-state index contributed by atoms with van der Waals surface area (Å²) in [6.45, 7) is 8.62. The summed E-state index contributed by atoms with van der Waals surface area (Å²) in [5.74, 6) is -2.37. The summed E-state index contributed by atoms with van der Waals surface area (Å²) in [6, 6.07) is 5.90. The molecule has 1 aliphatic heterocycles. The highest BCUT2D eigenvalue weighted by atomic mass is 19.4. The standard InChI is InChI=1S/C27H28F5N7O2/c1-15-9-19(28)20(34-25(40)18-14-33-39(24(18)29)26(2,3)4)12-17(15)16-10-22-35-21(13-27(30,31)32)36-38(22)23(11-16)37-5-7-41-8-6-37/h9-12,14H,5-8,13H2,1-4H3,(H,34,40). The normalized spacial score (nSPS) is 14.6. The van der Waals surface area contributed by atoms with Crippen LogP contribution in [0.5, 0.6) is 0 Å². The van der Waals surface area contributed by atoms with E-state index in [2.05, 4.69) is 20.5 Å². The molecule has 0 bridgehead atoms. The molecule has 14 heteroatoms. The molecule has 3 aromatic heterocycles. The van der Waals surface area contributed by atoms with E-state index < -0.39 is 35.8 Å². The molecule has 218 valence electrons. The van der Waals surface area contributed by atoms with Gasteiger partial charge in [-0.3, -0.25) is 4.79 Å². The van der Waals surface area contributed by atoms with Crippen molar-refractivity contribution >= 4 is 23.1 Å². The average Bonchev–Trinajstić information content (AvgIpc) is 3.47. The van der Waals surface area contributed by atoms with Crippen LogP contribution in [0.4, 0.5) is 33.5 Å². The Labute approximate surface area is 231 Å². The van der Waals surface area contributed by atoms with Gasteiger partial charge in [-0.1, -0.05) is 0 Å². The zero-order chi connectivity index (χ0) is 29.7. The second-order valence-corrected chi connectivity index (χ2v) is 10.8. The maximum atomic E-state index is 15.0. The second-order valence-electron chi connectivity index (χ2n) is 10.8. The Morgan fingerprint density at radius 3 is 2.41 bits per heavy atom. The van der Waals surface area contributed by atoms with Crippen molar-refractivity contribution in [3.05, 3.63) is 59.2 Å². The number of morpholine rings is 1. The summed E-state index contributed by atoms with van der Waals surface area (Å²) >= 11 is 0. The quantitative estimate of drug-likeness (QED) is 0.331. The molecule has 9 nitrogen and oxygen atoms in total. The predicted octanol–water partition coefficient (Wildman–Crippen LogP) is 5.13. The Morgan fingerprint density at radius 2 is 1.78 bits per heavy atom. The summed E-state index contributed by atoms with van der Waals surface area (Å²) in [5.41, 5.74) is 0.413. The van der Waals surface area contributed by atoms with Crippen molar-refractivity contribution in [3.63, 3.8) is 0 Å². The number of alkyl halides is 3. The Kier molecular flexibility index (Phi) is 7.22. The van der Waals surface area contributed by atoms with E-state index >= 15 is 4.39 Å². The first-order chi connectivity index (χ1) is 19.2. The number of nitrogens with zero attached hydrogens (tertiary/aromatic N) is 6. The fraction of sp³-hybridized carbons (Fsp3) is 0.407. The molecule has 4 aromatic rings. The Hall–Kier alpha value is -4.07. The topological polar surface area (TPSA) is 89.6 Å². The molecule has 1 N–H and O–H groups in total. The van der Waals surface area contributed by atoms with E-state index in [1.54, 1.807) is 39.8 Å². The minimum atomic E-state index is -4.49. The Morgan fingerprint density at radius 1 is 1.07 bits per heavy atom. The molecular weight excluding hydrogens is 549 g/mol. The number of carbonyl (C=O) groups excluding carboxylic acids is 1. The largest absolute Gasteiger partial charge is 0.396 e. The van der Waals surface area contributed by atoms with Crippen molar-refractivity contribution in [1.29, 1.82) is 0 Å². The first-order valence-electron chi connectivity index (χ1n) is 12.9. The van der Waals surface area contributed by atoms with Crippen LogP contribution in [0.1, 0.15) is 42.5 Å². The molecule has 1 saturated heterocycles. The van der Waals surface area contributed by atoms with Crippen LogP contribution in [-0.2, 0) is 16.7 Å². The summed E-state index contributed by atoms with van der Waals surface area (Å²) in [6.07, 6.45) is -4.70. The lowest BCUT2D eigenvalue weighted by atomic mass is 9.99. The number of halogens is 5. The molecule has 1 amide bonds. The lowest BCUT2D eigenvalue weighted by Gasteiger charge is -2.29. The van der Waals surface area contributed by atoms with Gasteiger partial charge in [-0.25, -0.2) is 14.1 Å². The van der Waals surface area contributed by atoms with Gasteiger partial charge in [0, 0.05) is 13.1 Å². The van der Waals surface area contributed by atoms with E-state index in [-0.39, 0.29) is 22.7 Å². The number of benzene rings is 1. The third-order valence-electron chi connectivity index (χ3n) is 6.62. The number of carbonyl (C=O) groups is 1. The van der Waals surface area contributed by atoms with Gasteiger partial charge in [0.25, 0.3) is 5.91 Å². The average molecular weight is 578 g/mol. The number of amides is 1. The van der Waals surface area contributed by atoms with E-state index in [1.165, 1.54) is 16.6 Å². The molecule has 4 heterocycles. The first kappa shape index (κ1) is 28.5. The molecule has 1 aromatic carbocycles. The highest BCUT2D eigenvalue weighted by Crippen LogP contribution is 2.33.